The van der Waals surface area contributed by atoms with Gasteiger partial charge in [-0.2, -0.15) is 0 Å². The minimum Gasteiger partial charge on any atom is -0.507 e. The Labute approximate surface area is 102 Å². The van der Waals surface area contributed by atoms with Gasteiger partial charge in [0, 0.05) is 6.04 Å². The van der Waals surface area contributed by atoms with Gasteiger partial charge in [-0.1, -0.05) is 30.9 Å². The van der Waals surface area contributed by atoms with E-state index in [0.29, 0.717) is 5.56 Å². The fourth-order valence-corrected chi connectivity index (χ4v) is 2.34. The van der Waals surface area contributed by atoms with Crippen LogP contribution in [0.2, 0.25) is 0 Å². The van der Waals surface area contributed by atoms with Crippen LogP contribution < -0.4 is 5.32 Å². The van der Waals surface area contributed by atoms with E-state index < -0.39 is 0 Å². The highest BCUT2D eigenvalue weighted by Crippen LogP contribution is 2.21. The van der Waals surface area contributed by atoms with Gasteiger partial charge < -0.3 is 10.4 Å². The SMILES string of the molecule is Cc1ccc(O)c(C(=O)NC2CCCCC2)c1. The molecule has 1 fully saturated rings. The van der Waals surface area contributed by atoms with Crippen molar-refractivity contribution < 1.29 is 9.90 Å². The maximum atomic E-state index is 12.0. The van der Waals surface area contributed by atoms with Crippen molar-refractivity contribution >= 4 is 5.91 Å². The van der Waals surface area contributed by atoms with Crippen molar-refractivity contribution in [1.82, 2.24) is 5.32 Å². The number of benzene rings is 1. The minimum atomic E-state index is -0.155. The number of amides is 1. The minimum absolute atomic E-state index is 0.0592. The molecule has 0 heterocycles. The second kappa shape index (κ2) is 5.21. The molecule has 1 aromatic rings. The molecular formula is C14H19NO2. The van der Waals surface area contributed by atoms with Crippen LogP contribution in [0.25, 0.3) is 0 Å². The zero-order valence-corrected chi connectivity index (χ0v) is 10.2. The first-order valence-corrected chi connectivity index (χ1v) is 6.27. The number of carbonyl (C=O) groups excluding carboxylic acids is 1. The van der Waals surface area contributed by atoms with Crippen molar-refractivity contribution in [2.75, 3.05) is 0 Å². The molecule has 2 N–H and O–H groups in total. The van der Waals surface area contributed by atoms with Crippen LogP contribution >= 0.6 is 0 Å². The number of rotatable bonds is 2. The molecule has 2 rings (SSSR count). The molecule has 1 aromatic carbocycles. The normalized spacial score (nSPS) is 16.8. The Bertz CT molecular complexity index is 409. The highest BCUT2D eigenvalue weighted by atomic mass is 16.3. The summed E-state index contributed by atoms with van der Waals surface area (Å²) >= 11 is 0. The zero-order valence-electron chi connectivity index (χ0n) is 10.2. The molecule has 0 aromatic heterocycles. The molecule has 17 heavy (non-hydrogen) atoms. The third-order valence-corrected chi connectivity index (χ3v) is 3.34. The third kappa shape index (κ3) is 2.99. The van der Waals surface area contributed by atoms with Crippen LogP contribution in [0, 0.1) is 6.92 Å². The van der Waals surface area contributed by atoms with Gasteiger partial charge in [-0.25, -0.2) is 0 Å². The Hall–Kier alpha value is -1.51. The van der Waals surface area contributed by atoms with E-state index >= 15 is 0 Å². The molecule has 0 spiro atoms. The molecule has 3 heteroatoms. The maximum Gasteiger partial charge on any atom is 0.255 e. The smallest absolute Gasteiger partial charge is 0.255 e. The van der Waals surface area contributed by atoms with Gasteiger partial charge in [0.25, 0.3) is 5.91 Å². The van der Waals surface area contributed by atoms with Crippen molar-refractivity contribution in [2.45, 2.75) is 45.1 Å². The van der Waals surface area contributed by atoms with Crippen molar-refractivity contribution in [3.63, 3.8) is 0 Å². The van der Waals surface area contributed by atoms with Crippen LogP contribution in [0.5, 0.6) is 5.75 Å². The highest BCUT2D eigenvalue weighted by molar-refractivity contribution is 5.97. The van der Waals surface area contributed by atoms with Gasteiger partial charge in [0.2, 0.25) is 0 Å². The summed E-state index contributed by atoms with van der Waals surface area (Å²) in [5.41, 5.74) is 1.37. The van der Waals surface area contributed by atoms with Crippen LogP contribution in [0.1, 0.15) is 48.0 Å². The molecule has 0 aliphatic heterocycles. The van der Waals surface area contributed by atoms with E-state index in [-0.39, 0.29) is 17.7 Å². The highest BCUT2D eigenvalue weighted by Gasteiger charge is 2.18. The number of aromatic hydroxyl groups is 1. The fourth-order valence-electron chi connectivity index (χ4n) is 2.34. The number of phenolic OH excluding ortho intramolecular Hbond substituents is 1. The van der Waals surface area contributed by atoms with Gasteiger partial charge in [-0.3, -0.25) is 4.79 Å². The first-order valence-electron chi connectivity index (χ1n) is 6.27. The molecule has 1 amide bonds. The van der Waals surface area contributed by atoms with Crippen LogP contribution in [0.4, 0.5) is 0 Å². The van der Waals surface area contributed by atoms with Gasteiger partial charge in [0.15, 0.2) is 0 Å². The molecule has 0 saturated heterocycles. The molecule has 1 aliphatic rings. The number of nitrogens with one attached hydrogen (secondary N) is 1. The number of hydrogen-bond acceptors (Lipinski definition) is 2. The summed E-state index contributed by atoms with van der Waals surface area (Å²) in [7, 11) is 0. The van der Waals surface area contributed by atoms with E-state index in [2.05, 4.69) is 5.32 Å². The second-order valence-electron chi connectivity index (χ2n) is 4.83. The van der Waals surface area contributed by atoms with Gasteiger partial charge in [0.1, 0.15) is 5.75 Å². The largest absolute Gasteiger partial charge is 0.507 e. The van der Waals surface area contributed by atoms with E-state index in [1.54, 1.807) is 18.2 Å². The lowest BCUT2D eigenvalue weighted by atomic mass is 9.95. The molecule has 0 bridgehead atoms. The molecule has 3 nitrogen and oxygen atoms in total. The average Bonchev–Trinajstić information content (AvgIpc) is 2.33. The summed E-state index contributed by atoms with van der Waals surface area (Å²) in [4.78, 5) is 12.0. The Morgan fingerprint density at radius 1 is 1.29 bits per heavy atom. The predicted molar refractivity (Wildman–Crippen MR) is 67.2 cm³/mol. The standard InChI is InChI=1S/C14H19NO2/c1-10-7-8-13(16)12(9-10)14(17)15-11-5-3-2-4-6-11/h7-9,11,16H,2-6H2,1H3,(H,15,17). The Morgan fingerprint density at radius 2 is 2.00 bits per heavy atom. The van der Waals surface area contributed by atoms with E-state index in [4.69, 9.17) is 0 Å². The maximum absolute atomic E-state index is 12.0. The van der Waals surface area contributed by atoms with Gasteiger partial charge >= 0.3 is 0 Å². The molecule has 0 unspecified atom stereocenters. The van der Waals surface area contributed by atoms with Gasteiger partial charge in [0.05, 0.1) is 5.56 Å². The van der Waals surface area contributed by atoms with Crippen molar-refractivity contribution in [3.8, 4) is 5.75 Å². The van der Waals surface area contributed by atoms with Crippen molar-refractivity contribution in [2.24, 2.45) is 0 Å². The van der Waals surface area contributed by atoms with Crippen LogP contribution in [0.15, 0.2) is 18.2 Å². The summed E-state index contributed by atoms with van der Waals surface area (Å²) in [6.07, 6.45) is 5.74. The molecule has 0 atom stereocenters. The topological polar surface area (TPSA) is 49.3 Å². The molecule has 0 radical (unpaired) electrons. The van der Waals surface area contributed by atoms with E-state index in [9.17, 15) is 9.90 Å². The first-order chi connectivity index (χ1) is 8.16. The molecule has 92 valence electrons. The lowest BCUT2D eigenvalue weighted by molar-refractivity contribution is 0.0925. The molecule has 1 aliphatic carbocycles. The van der Waals surface area contributed by atoms with Gasteiger partial charge in [-0.05, 0) is 31.9 Å². The summed E-state index contributed by atoms with van der Waals surface area (Å²) in [6, 6.07) is 5.38. The number of hydrogen-bond donors (Lipinski definition) is 2. The Balaban J connectivity index is 2.05. The van der Waals surface area contributed by atoms with Gasteiger partial charge in [-0.15, -0.1) is 0 Å². The number of phenols is 1. The van der Waals surface area contributed by atoms with E-state index in [0.717, 1.165) is 18.4 Å². The summed E-state index contributed by atoms with van der Waals surface area (Å²) in [6.45, 7) is 1.91. The number of carbonyl (C=O) groups is 1. The summed E-state index contributed by atoms with van der Waals surface area (Å²) < 4.78 is 0. The first kappa shape index (κ1) is 12.0. The lowest BCUT2D eigenvalue weighted by Gasteiger charge is -2.23. The summed E-state index contributed by atoms with van der Waals surface area (Å²) in [5.74, 6) is -0.0954. The molecule has 1 saturated carbocycles. The van der Waals surface area contributed by atoms with Crippen LogP contribution in [-0.4, -0.2) is 17.1 Å². The van der Waals surface area contributed by atoms with Crippen molar-refractivity contribution in [3.05, 3.63) is 29.3 Å². The molecular weight excluding hydrogens is 214 g/mol. The van der Waals surface area contributed by atoms with E-state index in [1.807, 2.05) is 6.92 Å². The third-order valence-electron chi connectivity index (χ3n) is 3.34. The Morgan fingerprint density at radius 3 is 2.71 bits per heavy atom. The monoisotopic (exact) mass is 233 g/mol. The van der Waals surface area contributed by atoms with Crippen molar-refractivity contribution in [1.29, 1.82) is 0 Å². The Kier molecular flexibility index (Phi) is 3.67. The quantitative estimate of drug-likeness (QED) is 0.825. The van der Waals surface area contributed by atoms with E-state index in [1.165, 1.54) is 19.3 Å². The summed E-state index contributed by atoms with van der Waals surface area (Å²) in [5, 5.41) is 12.7. The predicted octanol–water partition coefficient (Wildman–Crippen LogP) is 2.76. The fraction of sp³-hybridized carbons (Fsp3) is 0.500. The van der Waals surface area contributed by atoms with Crippen LogP contribution in [0.3, 0.4) is 0 Å². The average molecular weight is 233 g/mol. The number of aryl methyl sites for hydroxylation is 1. The zero-order chi connectivity index (χ0) is 12.3. The van der Waals surface area contributed by atoms with Crippen LogP contribution in [-0.2, 0) is 0 Å². The second-order valence-corrected chi connectivity index (χ2v) is 4.83. The lowest BCUT2D eigenvalue weighted by Crippen LogP contribution is -2.36.